The Morgan fingerprint density at radius 3 is 2.70 bits per heavy atom. The number of pyridine rings is 1. The summed E-state index contributed by atoms with van der Waals surface area (Å²) in [5, 5.41) is 4.68. The summed E-state index contributed by atoms with van der Waals surface area (Å²) in [6.07, 6.45) is 2.29. The van der Waals surface area contributed by atoms with Gasteiger partial charge in [-0.3, -0.25) is 0 Å². The van der Waals surface area contributed by atoms with E-state index in [2.05, 4.69) is 23.8 Å². The molecule has 5 nitrogen and oxygen atoms in total. The van der Waals surface area contributed by atoms with Gasteiger partial charge < -0.3 is 10.6 Å². The quantitative estimate of drug-likeness (QED) is 0.926. The smallest absolute Gasteiger partial charge is 0.155 e. The first-order valence-corrected chi connectivity index (χ1v) is 7.47. The van der Waals surface area contributed by atoms with Crippen LogP contribution in [0.4, 0.5) is 0 Å². The second kappa shape index (κ2) is 5.50. The molecule has 0 aliphatic carbocycles. The molecule has 0 aromatic carbocycles. The van der Waals surface area contributed by atoms with Crippen molar-refractivity contribution in [3.63, 3.8) is 0 Å². The second-order valence-corrected chi connectivity index (χ2v) is 5.87. The third-order valence-electron chi connectivity index (χ3n) is 4.29. The zero-order valence-electron chi connectivity index (χ0n) is 12.3. The summed E-state index contributed by atoms with van der Waals surface area (Å²) >= 11 is 0. The minimum Gasteiger partial charge on any atom is -0.325 e. The molecule has 0 saturated carbocycles. The third-order valence-corrected chi connectivity index (χ3v) is 4.29. The molecule has 2 N–H and O–H groups in total. The van der Waals surface area contributed by atoms with Crippen molar-refractivity contribution in [1.82, 2.24) is 19.5 Å². The molecule has 1 aliphatic heterocycles. The highest BCUT2D eigenvalue weighted by Crippen LogP contribution is 2.27. The number of likely N-dealkylation sites (tertiary alicyclic amines) is 1. The van der Waals surface area contributed by atoms with Crippen molar-refractivity contribution in [2.24, 2.45) is 5.73 Å². The van der Waals surface area contributed by atoms with Gasteiger partial charge in [0, 0.05) is 18.5 Å². The van der Waals surface area contributed by atoms with E-state index in [1.165, 1.54) is 0 Å². The van der Waals surface area contributed by atoms with Gasteiger partial charge in [-0.05, 0) is 51.9 Å². The highest BCUT2D eigenvalue weighted by molar-refractivity contribution is 5.39. The normalized spacial score (nSPS) is 18.2. The Morgan fingerprint density at radius 2 is 2.05 bits per heavy atom. The molecule has 0 radical (unpaired) electrons. The molecule has 3 rings (SSSR count). The van der Waals surface area contributed by atoms with Crippen molar-refractivity contribution < 1.29 is 0 Å². The van der Waals surface area contributed by atoms with Crippen molar-refractivity contribution in [3.05, 3.63) is 29.7 Å². The maximum absolute atomic E-state index is 5.76. The zero-order valence-corrected chi connectivity index (χ0v) is 12.3. The largest absolute Gasteiger partial charge is 0.325 e. The number of hydrogen-bond donors (Lipinski definition) is 1. The summed E-state index contributed by atoms with van der Waals surface area (Å²) in [5.74, 6) is 1.46. The van der Waals surface area contributed by atoms with Gasteiger partial charge in [-0.2, -0.15) is 5.10 Å². The van der Waals surface area contributed by atoms with Gasteiger partial charge >= 0.3 is 0 Å². The Labute approximate surface area is 119 Å². The fourth-order valence-electron chi connectivity index (χ4n) is 2.98. The van der Waals surface area contributed by atoms with Crippen LogP contribution in [-0.2, 0) is 6.54 Å². The summed E-state index contributed by atoms with van der Waals surface area (Å²) in [4.78, 5) is 7.22. The van der Waals surface area contributed by atoms with Crippen LogP contribution in [0.3, 0.4) is 0 Å². The fraction of sp³-hybridized carbons (Fsp3) is 0.600. The van der Waals surface area contributed by atoms with Crippen molar-refractivity contribution in [2.75, 3.05) is 13.1 Å². The Bertz CT molecular complexity index is 581. The minimum absolute atomic E-state index is 0.482. The molecule has 0 unspecified atom stereocenters. The van der Waals surface area contributed by atoms with Crippen LogP contribution in [0, 0.1) is 0 Å². The Kier molecular flexibility index (Phi) is 3.72. The lowest BCUT2D eigenvalue weighted by Crippen LogP contribution is -2.38. The molecule has 0 atom stereocenters. The number of piperidine rings is 1. The maximum atomic E-state index is 5.76. The van der Waals surface area contributed by atoms with Gasteiger partial charge in [0.15, 0.2) is 11.5 Å². The minimum atomic E-state index is 0.482. The van der Waals surface area contributed by atoms with Crippen LogP contribution < -0.4 is 5.73 Å². The van der Waals surface area contributed by atoms with Crippen molar-refractivity contribution in [2.45, 2.75) is 45.2 Å². The van der Waals surface area contributed by atoms with E-state index in [1.807, 2.05) is 22.7 Å². The van der Waals surface area contributed by atoms with Crippen molar-refractivity contribution in [3.8, 4) is 0 Å². The summed E-state index contributed by atoms with van der Waals surface area (Å²) in [6.45, 7) is 7.29. The lowest BCUT2D eigenvalue weighted by Gasteiger charge is -2.33. The van der Waals surface area contributed by atoms with Crippen LogP contribution in [0.2, 0.25) is 0 Å². The van der Waals surface area contributed by atoms with E-state index in [1.54, 1.807) is 0 Å². The summed E-state index contributed by atoms with van der Waals surface area (Å²) in [6, 6.07) is 6.64. The van der Waals surface area contributed by atoms with Crippen LogP contribution >= 0.6 is 0 Å². The molecule has 1 saturated heterocycles. The van der Waals surface area contributed by atoms with Gasteiger partial charge in [-0.15, -0.1) is 0 Å². The van der Waals surface area contributed by atoms with E-state index in [4.69, 9.17) is 10.7 Å². The first-order valence-electron chi connectivity index (χ1n) is 7.47. The summed E-state index contributed by atoms with van der Waals surface area (Å²) in [5.41, 5.74) is 7.69. The molecule has 2 aromatic heterocycles. The maximum Gasteiger partial charge on any atom is 0.155 e. The van der Waals surface area contributed by atoms with Gasteiger partial charge in [0.05, 0.1) is 5.69 Å². The van der Waals surface area contributed by atoms with Crippen LogP contribution in [0.1, 0.15) is 44.1 Å². The van der Waals surface area contributed by atoms with Gasteiger partial charge in [0.25, 0.3) is 0 Å². The number of aromatic nitrogens is 3. The molecule has 1 aliphatic rings. The fourth-order valence-corrected chi connectivity index (χ4v) is 2.98. The lowest BCUT2D eigenvalue weighted by molar-refractivity contribution is 0.169. The van der Waals surface area contributed by atoms with Crippen molar-refractivity contribution in [1.29, 1.82) is 0 Å². The lowest BCUT2D eigenvalue weighted by atomic mass is 9.95. The van der Waals surface area contributed by atoms with Crippen LogP contribution in [0.15, 0.2) is 18.2 Å². The molecule has 1 fully saturated rings. The average Bonchev–Trinajstić information content (AvgIpc) is 2.91. The average molecular weight is 273 g/mol. The van der Waals surface area contributed by atoms with Crippen LogP contribution in [0.5, 0.6) is 0 Å². The van der Waals surface area contributed by atoms with Crippen LogP contribution in [-0.4, -0.2) is 38.6 Å². The van der Waals surface area contributed by atoms with Gasteiger partial charge in [-0.1, -0.05) is 6.07 Å². The number of hydrogen-bond acceptors (Lipinski definition) is 4. The Morgan fingerprint density at radius 1 is 1.30 bits per heavy atom. The molecule has 0 spiro atoms. The summed E-state index contributed by atoms with van der Waals surface area (Å²) < 4.78 is 1.89. The topological polar surface area (TPSA) is 59.5 Å². The molecule has 2 aromatic rings. The first-order chi connectivity index (χ1) is 9.69. The van der Waals surface area contributed by atoms with E-state index < -0.39 is 0 Å². The van der Waals surface area contributed by atoms with E-state index in [0.717, 1.165) is 43.1 Å². The third kappa shape index (κ3) is 2.43. The van der Waals surface area contributed by atoms with Gasteiger partial charge in [-0.25, -0.2) is 9.50 Å². The number of fused-ring (bicyclic) bond motifs is 1. The van der Waals surface area contributed by atoms with Crippen molar-refractivity contribution >= 4 is 5.65 Å². The molecule has 0 amide bonds. The molecular formula is C15H23N5. The van der Waals surface area contributed by atoms with E-state index in [0.29, 0.717) is 18.5 Å². The molecule has 108 valence electrons. The molecule has 0 bridgehead atoms. The predicted molar refractivity (Wildman–Crippen MR) is 79.6 cm³/mol. The van der Waals surface area contributed by atoms with Crippen LogP contribution in [0.25, 0.3) is 5.65 Å². The first kappa shape index (κ1) is 13.5. The highest BCUT2D eigenvalue weighted by Gasteiger charge is 2.25. The second-order valence-electron chi connectivity index (χ2n) is 5.87. The molecule has 20 heavy (non-hydrogen) atoms. The van der Waals surface area contributed by atoms with E-state index in [-0.39, 0.29) is 0 Å². The summed E-state index contributed by atoms with van der Waals surface area (Å²) in [7, 11) is 0. The molecular weight excluding hydrogens is 250 g/mol. The number of rotatable bonds is 3. The predicted octanol–water partition coefficient (Wildman–Crippen LogP) is 1.78. The van der Waals surface area contributed by atoms with E-state index >= 15 is 0 Å². The number of nitrogens with two attached hydrogens (primary N) is 1. The Balaban J connectivity index is 1.81. The van der Waals surface area contributed by atoms with Gasteiger partial charge in [0.1, 0.15) is 0 Å². The SMILES string of the molecule is CC(C)N1CCC(c2nc3cccc(CN)n3n2)CC1. The standard InChI is InChI=1S/C15H23N5/c1-11(2)19-8-6-12(7-9-19)15-17-14-5-3-4-13(10-16)20(14)18-15/h3-5,11-12H,6-10,16H2,1-2H3. The highest BCUT2D eigenvalue weighted by atomic mass is 15.3. The zero-order chi connectivity index (χ0) is 14.1. The monoisotopic (exact) mass is 273 g/mol. The molecule has 5 heteroatoms. The van der Waals surface area contributed by atoms with Gasteiger partial charge in [0.2, 0.25) is 0 Å². The molecule has 3 heterocycles. The van der Waals surface area contributed by atoms with E-state index in [9.17, 15) is 0 Å². The number of nitrogens with zero attached hydrogens (tertiary/aromatic N) is 4. The Hall–Kier alpha value is -1.46.